The van der Waals surface area contributed by atoms with Gasteiger partial charge in [-0.3, -0.25) is 0 Å². The van der Waals surface area contributed by atoms with Gasteiger partial charge in [0.2, 0.25) is 10.0 Å². The highest BCUT2D eigenvalue weighted by Crippen LogP contribution is 2.39. The first-order valence-electron chi connectivity index (χ1n) is 6.99. The van der Waals surface area contributed by atoms with Gasteiger partial charge in [-0.05, 0) is 43.0 Å². The summed E-state index contributed by atoms with van der Waals surface area (Å²) in [5.41, 5.74) is 0.848. The largest absolute Gasteiger partial charge is 0.497 e. The molecule has 1 aliphatic heterocycles. The van der Waals surface area contributed by atoms with Gasteiger partial charge in [0.25, 0.3) is 0 Å². The predicted octanol–water partition coefficient (Wildman–Crippen LogP) is 3.06. The molecular formula is C16H23NO3S. The van der Waals surface area contributed by atoms with E-state index in [0.717, 1.165) is 12.0 Å². The maximum absolute atomic E-state index is 12.9. The van der Waals surface area contributed by atoms with E-state index >= 15 is 0 Å². The second kappa shape index (κ2) is 5.46. The van der Waals surface area contributed by atoms with Crippen molar-refractivity contribution in [2.45, 2.75) is 38.1 Å². The van der Waals surface area contributed by atoms with Gasteiger partial charge in [0.15, 0.2) is 0 Å². The fourth-order valence-electron chi connectivity index (χ4n) is 2.78. The average molecular weight is 309 g/mol. The Bertz CT molecular complexity index is 632. The zero-order valence-electron chi connectivity index (χ0n) is 13.1. The molecule has 2 rings (SSSR count). The SMILES string of the molecule is C=C(C)[C@@H]1CC(C)(C)CN1S(=O)(=O)c1ccc(OC)cc1. The molecule has 0 spiro atoms. The summed E-state index contributed by atoms with van der Waals surface area (Å²) >= 11 is 0. The minimum atomic E-state index is -3.51. The van der Waals surface area contributed by atoms with E-state index < -0.39 is 10.0 Å². The van der Waals surface area contributed by atoms with E-state index in [9.17, 15) is 8.42 Å². The smallest absolute Gasteiger partial charge is 0.243 e. The number of sulfonamides is 1. The van der Waals surface area contributed by atoms with Crippen LogP contribution in [0.15, 0.2) is 41.3 Å². The highest BCUT2D eigenvalue weighted by Gasteiger charge is 2.44. The second-order valence-corrected chi connectivity index (χ2v) is 8.35. The van der Waals surface area contributed by atoms with Crippen LogP contribution >= 0.6 is 0 Å². The first kappa shape index (κ1) is 16.0. The van der Waals surface area contributed by atoms with Gasteiger partial charge in [-0.15, -0.1) is 0 Å². The molecule has 0 aromatic heterocycles. The van der Waals surface area contributed by atoms with Crippen LogP contribution in [0.5, 0.6) is 5.75 Å². The Morgan fingerprint density at radius 1 is 1.33 bits per heavy atom. The molecule has 0 N–H and O–H groups in total. The number of hydrogen-bond donors (Lipinski definition) is 0. The van der Waals surface area contributed by atoms with Gasteiger partial charge < -0.3 is 4.74 Å². The molecule has 1 heterocycles. The summed E-state index contributed by atoms with van der Waals surface area (Å²) in [6.45, 7) is 10.5. The van der Waals surface area contributed by atoms with Crippen LogP contribution < -0.4 is 4.74 Å². The maximum Gasteiger partial charge on any atom is 0.243 e. The number of hydrogen-bond acceptors (Lipinski definition) is 3. The van der Waals surface area contributed by atoms with Gasteiger partial charge in [0, 0.05) is 12.6 Å². The molecule has 0 unspecified atom stereocenters. The van der Waals surface area contributed by atoms with E-state index in [2.05, 4.69) is 20.4 Å². The average Bonchev–Trinajstić information content (AvgIpc) is 2.76. The quantitative estimate of drug-likeness (QED) is 0.803. The molecule has 4 nitrogen and oxygen atoms in total. The number of methoxy groups -OCH3 is 1. The van der Waals surface area contributed by atoms with Crippen LogP contribution in [0, 0.1) is 5.41 Å². The monoisotopic (exact) mass is 309 g/mol. The third kappa shape index (κ3) is 3.14. The van der Waals surface area contributed by atoms with Gasteiger partial charge in [0.1, 0.15) is 5.75 Å². The van der Waals surface area contributed by atoms with Gasteiger partial charge in [-0.1, -0.05) is 26.0 Å². The number of ether oxygens (including phenoxy) is 1. The third-order valence-electron chi connectivity index (χ3n) is 3.91. The minimum Gasteiger partial charge on any atom is -0.497 e. The molecule has 0 aliphatic carbocycles. The lowest BCUT2D eigenvalue weighted by molar-refractivity contribution is 0.372. The molecular weight excluding hydrogens is 286 g/mol. The normalized spacial score (nSPS) is 22.2. The summed E-state index contributed by atoms with van der Waals surface area (Å²) in [6.07, 6.45) is 0.803. The topological polar surface area (TPSA) is 46.6 Å². The van der Waals surface area contributed by atoms with E-state index in [-0.39, 0.29) is 11.5 Å². The van der Waals surface area contributed by atoms with Gasteiger partial charge in [0.05, 0.1) is 12.0 Å². The Balaban J connectivity index is 2.39. The molecule has 116 valence electrons. The molecule has 1 aliphatic rings. The third-order valence-corrected chi connectivity index (χ3v) is 5.78. The van der Waals surface area contributed by atoms with Crippen molar-refractivity contribution in [1.82, 2.24) is 4.31 Å². The second-order valence-electron chi connectivity index (χ2n) is 6.46. The van der Waals surface area contributed by atoms with Crippen LogP contribution in [0.25, 0.3) is 0 Å². The first-order valence-corrected chi connectivity index (χ1v) is 8.43. The lowest BCUT2D eigenvalue weighted by Gasteiger charge is -2.24. The molecule has 1 aromatic rings. The fourth-order valence-corrected chi connectivity index (χ4v) is 4.64. The Hall–Kier alpha value is -1.33. The van der Waals surface area contributed by atoms with Gasteiger partial charge in [-0.2, -0.15) is 4.31 Å². The van der Waals surface area contributed by atoms with Gasteiger partial charge in [-0.25, -0.2) is 8.42 Å². The van der Waals surface area contributed by atoms with Crippen molar-refractivity contribution in [3.05, 3.63) is 36.4 Å². The highest BCUT2D eigenvalue weighted by molar-refractivity contribution is 7.89. The standard InChI is InChI=1S/C16H23NO3S/c1-12(2)15-10-16(3,4)11-17(15)21(18,19)14-8-6-13(20-5)7-9-14/h6-9,15H,1,10-11H2,2-5H3/t15-/m0/s1. The summed E-state index contributed by atoms with van der Waals surface area (Å²) in [5.74, 6) is 0.646. The van der Waals surface area contributed by atoms with Crippen LogP contribution in [0.2, 0.25) is 0 Å². The van der Waals surface area contributed by atoms with E-state index in [4.69, 9.17) is 4.74 Å². The van der Waals surface area contributed by atoms with Crippen LogP contribution in [-0.4, -0.2) is 32.4 Å². The van der Waals surface area contributed by atoms with Crippen LogP contribution in [0.3, 0.4) is 0 Å². The molecule has 1 saturated heterocycles. The number of rotatable bonds is 4. The summed E-state index contributed by atoms with van der Waals surface area (Å²) in [7, 11) is -1.95. The Labute approximate surface area is 127 Å². The van der Waals surface area contributed by atoms with Crippen LogP contribution in [-0.2, 0) is 10.0 Å². The molecule has 1 atom stereocenters. The molecule has 0 radical (unpaired) electrons. The molecule has 0 bridgehead atoms. The van der Waals surface area contributed by atoms with Crippen molar-refractivity contribution in [2.75, 3.05) is 13.7 Å². The number of benzene rings is 1. The van der Waals surface area contributed by atoms with Crippen molar-refractivity contribution >= 4 is 10.0 Å². The minimum absolute atomic E-state index is 0.0385. The summed E-state index contributed by atoms with van der Waals surface area (Å²) in [6, 6.07) is 6.39. The molecule has 0 amide bonds. The van der Waals surface area contributed by atoms with E-state index in [1.807, 2.05) is 6.92 Å². The zero-order chi connectivity index (χ0) is 15.8. The van der Waals surface area contributed by atoms with Crippen molar-refractivity contribution in [3.63, 3.8) is 0 Å². The summed E-state index contributed by atoms with van der Waals surface area (Å²) in [4.78, 5) is 0.298. The van der Waals surface area contributed by atoms with E-state index in [1.165, 1.54) is 0 Å². The van der Waals surface area contributed by atoms with Crippen LogP contribution in [0.4, 0.5) is 0 Å². The van der Waals surface area contributed by atoms with E-state index in [0.29, 0.717) is 17.2 Å². The first-order chi connectivity index (χ1) is 9.67. The van der Waals surface area contributed by atoms with E-state index in [1.54, 1.807) is 35.7 Å². The lowest BCUT2D eigenvalue weighted by atomic mass is 9.89. The van der Waals surface area contributed by atoms with Crippen molar-refractivity contribution in [3.8, 4) is 5.75 Å². The highest BCUT2D eigenvalue weighted by atomic mass is 32.2. The predicted molar refractivity (Wildman–Crippen MR) is 83.9 cm³/mol. The molecule has 5 heteroatoms. The molecule has 21 heavy (non-hydrogen) atoms. The van der Waals surface area contributed by atoms with Crippen molar-refractivity contribution in [1.29, 1.82) is 0 Å². The summed E-state index contributed by atoms with van der Waals surface area (Å²) < 4.78 is 32.4. The Kier molecular flexibility index (Phi) is 4.17. The molecule has 1 fully saturated rings. The van der Waals surface area contributed by atoms with Crippen molar-refractivity contribution < 1.29 is 13.2 Å². The van der Waals surface area contributed by atoms with Gasteiger partial charge >= 0.3 is 0 Å². The molecule has 0 saturated carbocycles. The van der Waals surface area contributed by atoms with Crippen molar-refractivity contribution in [2.24, 2.45) is 5.41 Å². The molecule has 1 aromatic carbocycles. The maximum atomic E-state index is 12.9. The zero-order valence-corrected chi connectivity index (χ0v) is 13.9. The Morgan fingerprint density at radius 2 is 1.90 bits per heavy atom. The Morgan fingerprint density at radius 3 is 2.38 bits per heavy atom. The fraction of sp³-hybridized carbons (Fsp3) is 0.500. The number of nitrogens with zero attached hydrogens (tertiary/aromatic N) is 1. The lowest BCUT2D eigenvalue weighted by Crippen LogP contribution is -2.36. The summed E-state index contributed by atoms with van der Waals surface area (Å²) in [5, 5.41) is 0. The van der Waals surface area contributed by atoms with Crippen LogP contribution in [0.1, 0.15) is 27.2 Å².